The van der Waals surface area contributed by atoms with E-state index in [-0.39, 0.29) is 5.91 Å². The van der Waals surface area contributed by atoms with Crippen LogP contribution in [0.3, 0.4) is 0 Å². The van der Waals surface area contributed by atoms with Crippen LogP contribution in [-0.2, 0) is 24.2 Å². The Morgan fingerprint density at radius 3 is 2.53 bits per heavy atom. The van der Waals surface area contributed by atoms with Gasteiger partial charge in [-0.3, -0.25) is 4.79 Å². The van der Waals surface area contributed by atoms with E-state index in [0.29, 0.717) is 6.42 Å². The second-order valence-electron chi connectivity index (χ2n) is 8.70. The molecular formula is C30H33N3O. The fourth-order valence-electron chi connectivity index (χ4n) is 4.23. The van der Waals surface area contributed by atoms with E-state index in [1.54, 1.807) is 0 Å². The van der Waals surface area contributed by atoms with E-state index in [0.717, 1.165) is 55.7 Å². The van der Waals surface area contributed by atoms with Crippen LogP contribution in [0.4, 0.5) is 0 Å². The first-order chi connectivity index (χ1) is 16.7. The van der Waals surface area contributed by atoms with E-state index < -0.39 is 0 Å². The minimum atomic E-state index is 0.0984. The number of hydrogen-bond donors (Lipinski definition) is 1. The quantitative estimate of drug-likeness (QED) is 0.279. The highest BCUT2D eigenvalue weighted by atomic mass is 16.1. The molecule has 0 atom stereocenters. The monoisotopic (exact) mass is 451 g/mol. The molecule has 1 amide bonds. The Kier molecular flexibility index (Phi) is 8.28. The van der Waals surface area contributed by atoms with Gasteiger partial charge in [0.25, 0.3) is 0 Å². The fourth-order valence-corrected chi connectivity index (χ4v) is 4.23. The molecule has 0 bridgehead atoms. The summed E-state index contributed by atoms with van der Waals surface area (Å²) in [5.74, 6) is 1.23. The lowest BCUT2D eigenvalue weighted by molar-refractivity contribution is -0.120. The highest BCUT2D eigenvalue weighted by Gasteiger charge is 2.09. The molecule has 0 aliphatic heterocycles. The van der Waals surface area contributed by atoms with Crippen molar-refractivity contribution in [2.75, 3.05) is 6.54 Å². The number of nitrogens with one attached hydrogen (secondary N) is 1. The van der Waals surface area contributed by atoms with Gasteiger partial charge in [0.05, 0.1) is 17.5 Å². The third kappa shape index (κ3) is 6.44. The number of unbranched alkanes of at least 4 members (excludes halogenated alkanes) is 2. The number of rotatable bonds is 11. The number of imidazole rings is 1. The number of hydrogen-bond acceptors (Lipinski definition) is 2. The largest absolute Gasteiger partial charge is 0.356 e. The molecule has 4 aromatic rings. The van der Waals surface area contributed by atoms with Crippen molar-refractivity contribution in [1.29, 1.82) is 0 Å². The van der Waals surface area contributed by atoms with Gasteiger partial charge in [0.15, 0.2) is 0 Å². The summed E-state index contributed by atoms with van der Waals surface area (Å²) in [6, 6.07) is 26.8. The normalized spacial score (nSPS) is 11.3. The van der Waals surface area contributed by atoms with Gasteiger partial charge in [-0.25, -0.2) is 4.98 Å². The maximum absolute atomic E-state index is 12.2. The second kappa shape index (κ2) is 12.0. The lowest BCUT2D eigenvalue weighted by Gasteiger charge is -2.08. The van der Waals surface area contributed by atoms with Gasteiger partial charge in [-0.1, -0.05) is 85.3 Å². The molecule has 4 nitrogen and oxygen atoms in total. The van der Waals surface area contributed by atoms with Crippen LogP contribution in [0, 0.1) is 6.92 Å². The molecular weight excluding hydrogens is 418 g/mol. The molecule has 0 unspecified atom stereocenters. The van der Waals surface area contributed by atoms with Crippen LogP contribution in [0.25, 0.3) is 17.1 Å². The molecule has 1 aromatic heterocycles. The Hall–Kier alpha value is -3.66. The Morgan fingerprint density at radius 1 is 0.912 bits per heavy atom. The molecule has 0 saturated heterocycles. The zero-order valence-corrected chi connectivity index (χ0v) is 19.9. The fraction of sp³-hybridized carbons (Fsp3) is 0.267. The number of nitrogens with zero attached hydrogens (tertiary/aromatic N) is 2. The van der Waals surface area contributed by atoms with E-state index in [1.807, 2.05) is 43.3 Å². The zero-order chi connectivity index (χ0) is 23.6. The Balaban J connectivity index is 1.26. The molecule has 4 rings (SSSR count). The standard InChI is InChI=1S/C30H33N3O/c1-24-13-7-8-17-26(24)23-30(34)31-21-11-3-6-20-29-32-27-18-9-10-19-28(27)33(29)22-12-16-25-14-4-2-5-15-25/h2,4-5,7-10,12-19H,3,6,11,20-23H2,1H3,(H,31,34)/b16-12+. The third-order valence-corrected chi connectivity index (χ3v) is 6.14. The minimum Gasteiger partial charge on any atom is -0.356 e. The summed E-state index contributed by atoms with van der Waals surface area (Å²) in [5, 5.41) is 3.06. The maximum atomic E-state index is 12.2. The summed E-state index contributed by atoms with van der Waals surface area (Å²) in [6.45, 7) is 3.58. The number of allylic oxidation sites excluding steroid dienone is 1. The first kappa shape index (κ1) is 23.5. The average molecular weight is 452 g/mol. The van der Waals surface area contributed by atoms with Gasteiger partial charge in [-0.15, -0.1) is 0 Å². The van der Waals surface area contributed by atoms with Crippen molar-refractivity contribution in [2.24, 2.45) is 0 Å². The van der Waals surface area contributed by atoms with Gasteiger partial charge >= 0.3 is 0 Å². The van der Waals surface area contributed by atoms with E-state index in [4.69, 9.17) is 4.98 Å². The summed E-state index contributed by atoms with van der Waals surface area (Å²) in [7, 11) is 0. The Morgan fingerprint density at radius 2 is 1.68 bits per heavy atom. The second-order valence-corrected chi connectivity index (χ2v) is 8.70. The summed E-state index contributed by atoms with van der Waals surface area (Å²) in [6.07, 6.45) is 8.86. The van der Waals surface area contributed by atoms with Gasteiger partial charge in [0.2, 0.25) is 5.91 Å². The molecule has 0 fully saturated rings. The van der Waals surface area contributed by atoms with Crippen molar-refractivity contribution in [3.63, 3.8) is 0 Å². The van der Waals surface area contributed by atoms with Gasteiger partial charge in [-0.05, 0) is 48.6 Å². The van der Waals surface area contributed by atoms with Crippen molar-refractivity contribution in [1.82, 2.24) is 14.9 Å². The highest BCUT2D eigenvalue weighted by Crippen LogP contribution is 2.18. The molecule has 34 heavy (non-hydrogen) atoms. The molecule has 1 heterocycles. The van der Waals surface area contributed by atoms with Crippen LogP contribution in [0.1, 0.15) is 41.8 Å². The summed E-state index contributed by atoms with van der Waals surface area (Å²) < 4.78 is 2.32. The summed E-state index contributed by atoms with van der Waals surface area (Å²) >= 11 is 0. The topological polar surface area (TPSA) is 46.9 Å². The van der Waals surface area contributed by atoms with E-state index in [1.165, 1.54) is 16.6 Å². The van der Waals surface area contributed by atoms with Crippen LogP contribution >= 0.6 is 0 Å². The molecule has 1 N–H and O–H groups in total. The first-order valence-corrected chi connectivity index (χ1v) is 12.2. The van der Waals surface area contributed by atoms with Gasteiger partial charge in [0, 0.05) is 19.5 Å². The van der Waals surface area contributed by atoms with Crippen molar-refractivity contribution in [2.45, 2.75) is 45.6 Å². The Bertz CT molecular complexity index is 1240. The van der Waals surface area contributed by atoms with Crippen molar-refractivity contribution in [3.8, 4) is 0 Å². The predicted molar refractivity (Wildman–Crippen MR) is 141 cm³/mol. The maximum Gasteiger partial charge on any atom is 0.224 e. The summed E-state index contributed by atoms with van der Waals surface area (Å²) in [5.41, 5.74) is 5.70. The lowest BCUT2D eigenvalue weighted by Crippen LogP contribution is -2.26. The average Bonchev–Trinajstić information content (AvgIpc) is 3.21. The van der Waals surface area contributed by atoms with Gasteiger partial charge in [0.1, 0.15) is 5.82 Å². The molecule has 4 heteroatoms. The molecule has 0 saturated carbocycles. The number of aromatic nitrogens is 2. The smallest absolute Gasteiger partial charge is 0.224 e. The van der Waals surface area contributed by atoms with Crippen molar-refractivity contribution in [3.05, 3.63) is 107 Å². The van der Waals surface area contributed by atoms with E-state index in [2.05, 4.69) is 64.5 Å². The number of aryl methyl sites for hydroxylation is 2. The number of carbonyl (C=O) groups excluding carboxylic acids is 1. The molecule has 3 aromatic carbocycles. The number of benzene rings is 3. The number of carbonyl (C=O) groups is 1. The van der Waals surface area contributed by atoms with Crippen molar-refractivity contribution >= 4 is 23.0 Å². The highest BCUT2D eigenvalue weighted by molar-refractivity contribution is 5.79. The van der Waals surface area contributed by atoms with Crippen LogP contribution in [0.2, 0.25) is 0 Å². The number of amides is 1. The van der Waals surface area contributed by atoms with Crippen LogP contribution in [0.5, 0.6) is 0 Å². The Labute approximate surface area is 202 Å². The van der Waals surface area contributed by atoms with E-state index in [9.17, 15) is 4.79 Å². The number of fused-ring (bicyclic) bond motifs is 1. The SMILES string of the molecule is Cc1ccccc1CC(=O)NCCCCCc1nc2ccccc2n1C/C=C/c1ccccc1. The van der Waals surface area contributed by atoms with Crippen LogP contribution in [0.15, 0.2) is 84.9 Å². The molecule has 0 spiro atoms. The van der Waals surface area contributed by atoms with Crippen molar-refractivity contribution < 1.29 is 4.79 Å². The predicted octanol–water partition coefficient (Wildman–Crippen LogP) is 6.13. The summed E-state index contributed by atoms with van der Waals surface area (Å²) in [4.78, 5) is 17.1. The molecule has 0 aliphatic rings. The third-order valence-electron chi connectivity index (χ3n) is 6.14. The van der Waals surface area contributed by atoms with Crippen LogP contribution < -0.4 is 5.32 Å². The number of para-hydroxylation sites is 2. The first-order valence-electron chi connectivity index (χ1n) is 12.2. The van der Waals surface area contributed by atoms with E-state index >= 15 is 0 Å². The zero-order valence-electron chi connectivity index (χ0n) is 19.9. The van der Waals surface area contributed by atoms with Gasteiger partial charge in [-0.2, -0.15) is 0 Å². The molecule has 0 aliphatic carbocycles. The molecule has 0 radical (unpaired) electrons. The minimum absolute atomic E-state index is 0.0984. The molecule has 174 valence electrons. The lowest BCUT2D eigenvalue weighted by atomic mass is 10.1. The van der Waals surface area contributed by atoms with Crippen LogP contribution in [-0.4, -0.2) is 22.0 Å². The van der Waals surface area contributed by atoms with Gasteiger partial charge < -0.3 is 9.88 Å².